The van der Waals surface area contributed by atoms with E-state index in [-0.39, 0.29) is 11.5 Å². The Hall–Kier alpha value is -2.42. The molecule has 0 spiro atoms. The summed E-state index contributed by atoms with van der Waals surface area (Å²) >= 11 is 0. The number of amides is 1. The van der Waals surface area contributed by atoms with Crippen molar-refractivity contribution >= 4 is 31.4 Å². The standard InChI is InChI=1S/C21H25FN3O5P/c1-28-4-5-29-6-7-30-13-15-12-25(11-14-2-3-16(22)8-20(14)31)19-10-23-18(9-17(15)19)21(26)24-27/h2-3,8-10,12,27H,4-7,11,13,31H2,1H3,(H,24,26). The highest BCUT2D eigenvalue weighted by atomic mass is 31.0. The molecule has 3 rings (SSSR count). The van der Waals surface area contributed by atoms with Gasteiger partial charge in [0.1, 0.15) is 11.5 Å². The van der Waals surface area contributed by atoms with Crippen LogP contribution in [-0.4, -0.2) is 54.2 Å². The highest BCUT2D eigenvalue weighted by Crippen LogP contribution is 2.24. The van der Waals surface area contributed by atoms with Crippen LogP contribution in [0.15, 0.2) is 36.7 Å². The summed E-state index contributed by atoms with van der Waals surface area (Å²) in [6.07, 6.45) is 3.50. The normalized spacial score (nSPS) is 11.2. The molecule has 3 aromatic rings. The Morgan fingerprint density at radius 1 is 1.19 bits per heavy atom. The first-order valence-corrected chi connectivity index (χ1v) is 10.2. The van der Waals surface area contributed by atoms with Gasteiger partial charge in [-0.1, -0.05) is 6.07 Å². The number of carbonyl (C=O) groups excluding carboxylic acids is 1. The Bertz CT molecular complexity index is 1040. The van der Waals surface area contributed by atoms with Crippen LogP contribution in [-0.2, 0) is 27.4 Å². The molecule has 1 aromatic carbocycles. The zero-order valence-corrected chi connectivity index (χ0v) is 18.3. The van der Waals surface area contributed by atoms with Crippen LogP contribution in [0, 0.1) is 5.82 Å². The van der Waals surface area contributed by atoms with Crippen molar-refractivity contribution in [3.63, 3.8) is 0 Å². The third-order valence-electron chi connectivity index (χ3n) is 4.69. The second-order valence-electron chi connectivity index (χ2n) is 6.81. The topological polar surface area (TPSA) is 94.8 Å². The first-order valence-electron chi connectivity index (χ1n) is 9.64. The van der Waals surface area contributed by atoms with E-state index in [1.165, 1.54) is 12.1 Å². The third-order valence-corrected chi connectivity index (χ3v) is 5.23. The zero-order chi connectivity index (χ0) is 22.2. The van der Waals surface area contributed by atoms with Crippen molar-refractivity contribution in [2.45, 2.75) is 13.2 Å². The summed E-state index contributed by atoms with van der Waals surface area (Å²) in [5.74, 6) is -0.993. The van der Waals surface area contributed by atoms with Gasteiger partial charge in [-0.3, -0.25) is 10.0 Å². The minimum atomic E-state index is -0.696. The number of benzene rings is 1. The second kappa shape index (κ2) is 11.3. The highest BCUT2D eigenvalue weighted by molar-refractivity contribution is 7.27. The Morgan fingerprint density at radius 3 is 2.71 bits per heavy atom. The average molecular weight is 449 g/mol. The van der Waals surface area contributed by atoms with Gasteiger partial charge in [-0.25, -0.2) is 14.9 Å². The molecule has 2 N–H and O–H groups in total. The van der Waals surface area contributed by atoms with E-state index in [0.717, 1.165) is 27.3 Å². The molecule has 1 amide bonds. The number of ether oxygens (including phenoxy) is 3. The summed E-state index contributed by atoms with van der Waals surface area (Å²) in [6, 6.07) is 6.22. The van der Waals surface area contributed by atoms with E-state index >= 15 is 0 Å². The zero-order valence-electron chi connectivity index (χ0n) is 17.1. The summed E-state index contributed by atoms with van der Waals surface area (Å²) in [5.41, 5.74) is 4.26. The van der Waals surface area contributed by atoms with Crippen molar-refractivity contribution in [2.75, 3.05) is 33.5 Å². The number of methoxy groups -OCH3 is 1. The fraction of sp³-hybridized carbons (Fsp3) is 0.333. The number of hydrogen-bond donors (Lipinski definition) is 2. The monoisotopic (exact) mass is 449 g/mol. The molecule has 31 heavy (non-hydrogen) atoms. The fourth-order valence-electron chi connectivity index (χ4n) is 3.13. The van der Waals surface area contributed by atoms with Gasteiger partial charge in [0, 0.05) is 30.8 Å². The second-order valence-corrected chi connectivity index (χ2v) is 7.43. The lowest BCUT2D eigenvalue weighted by molar-refractivity contribution is 0.0202. The SMILES string of the molecule is COCCOCCOCc1cn(Cc2ccc(F)cc2P)c2cnc(C(=O)NO)cc12. The van der Waals surface area contributed by atoms with Gasteiger partial charge < -0.3 is 18.8 Å². The number of hydrogen-bond acceptors (Lipinski definition) is 6. The van der Waals surface area contributed by atoms with Gasteiger partial charge in [0.15, 0.2) is 0 Å². The molecule has 2 aromatic heterocycles. The largest absolute Gasteiger partial charge is 0.382 e. The molecule has 8 nitrogen and oxygen atoms in total. The van der Waals surface area contributed by atoms with Crippen molar-refractivity contribution in [2.24, 2.45) is 0 Å². The maximum Gasteiger partial charge on any atom is 0.293 e. The Kier molecular flexibility index (Phi) is 8.45. The molecule has 0 bridgehead atoms. The summed E-state index contributed by atoms with van der Waals surface area (Å²) in [7, 11) is 4.16. The summed E-state index contributed by atoms with van der Waals surface area (Å²) in [4.78, 5) is 15.9. The van der Waals surface area contributed by atoms with Gasteiger partial charge >= 0.3 is 0 Å². The number of nitrogens with one attached hydrogen (secondary N) is 1. The van der Waals surface area contributed by atoms with Crippen LogP contribution < -0.4 is 10.8 Å². The van der Waals surface area contributed by atoms with Gasteiger partial charge in [-0.05, 0) is 29.1 Å². The molecular formula is C21H25FN3O5P. The van der Waals surface area contributed by atoms with E-state index in [2.05, 4.69) is 14.2 Å². The predicted octanol–water partition coefficient (Wildman–Crippen LogP) is 2.02. The molecule has 2 heterocycles. The minimum absolute atomic E-state index is 0.0883. The lowest BCUT2D eigenvalue weighted by atomic mass is 10.2. The maximum absolute atomic E-state index is 13.4. The molecule has 0 aliphatic heterocycles. The van der Waals surface area contributed by atoms with E-state index < -0.39 is 5.91 Å². The summed E-state index contributed by atoms with van der Waals surface area (Å²) in [6.45, 7) is 2.66. The van der Waals surface area contributed by atoms with E-state index in [1.807, 2.05) is 10.8 Å². The van der Waals surface area contributed by atoms with Crippen LogP contribution in [0.2, 0.25) is 0 Å². The number of nitrogens with zero attached hydrogens (tertiary/aromatic N) is 2. The van der Waals surface area contributed by atoms with Crippen LogP contribution in [0.5, 0.6) is 0 Å². The lowest BCUT2D eigenvalue weighted by Crippen LogP contribution is -2.19. The summed E-state index contributed by atoms with van der Waals surface area (Å²) < 4.78 is 31.5. The van der Waals surface area contributed by atoms with Gasteiger partial charge in [-0.2, -0.15) is 0 Å². The predicted molar refractivity (Wildman–Crippen MR) is 116 cm³/mol. The van der Waals surface area contributed by atoms with Gasteiger partial charge in [0.05, 0.1) is 44.7 Å². The first-order chi connectivity index (χ1) is 15.0. The first kappa shape index (κ1) is 23.2. The van der Waals surface area contributed by atoms with Crippen molar-refractivity contribution in [1.82, 2.24) is 15.0 Å². The Labute approximate surface area is 181 Å². The smallest absolute Gasteiger partial charge is 0.293 e. The molecule has 0 fully saturated rings. The number of pyridine rings is 1. The molecule has 0 saturated heterocycles. The van der Waals surface area contributed by atoms with Crippen LogP contribution in [0.3, 0.4) is 0 Å². The Morgan fingerprint density at radius 2 is 1.97 bits per heavy atom. The van der Waals surface area contributed by atoms with E-state index in [9.17, 15) is 9.18 Å². The lowest BCUT2D eigenvalue weighted by Gasteiger charge is -2.09. The van der Waals surface area contributed by atoms with E-state index in [4.69, 9.17) is 19.4 Å². The quantitative estimate of drug-likeness (QED) is 0.201. The van der Waals surface area contributed by atoms with Gasteiger partial charge in [0.2, 0.25) is 0 Å². The van der Waals surface area contributed by atoms with Crippen LogP contribution in [0.4, 0.5) is 4.39 Å². The molecule has 10 heteroatoms. The molecule has 1 atom stereocenters. The van der Waals surface area contributed by atoms with Crippen LogP contribution in [0.25, 0.3) is 10.9 Å². The number of fused-ring (bicyclic) bond motifs is 1. The molecule has 0 aliphatic rings. The number of aromatic nitrogens is 2. The van der Waals surface area contributed by atoms with Crippen molar-refractivity contribution < 1.29 is 28.6 Å². The van der Waals surface area contributed by atoms with E-state index in [1.54, 1.807) is 30.9 Å². The molecule has 1 unspecified atom stereocenters. The number of hydroxylamine groups is 1. The molecule has 166 valence electrons. The molecule has 0 saturated carbocycles. The maximum atomic E-state index is 13.4. The highest BCUT2D eigenvalue weighted by Gasteiger charge is 2.15. The van der Waals surface area contributed by atoms with Crippen molar-refractivity contribution in [3.8, 4) is 0 Å². The van der Waals surface area contributed by atoms with Crippen molar-refractivity contribution in [3.05, 3.63) is 59.3 Å². The van der Waals surface area contributed by atoms with E-state index in [0.29, 0.717) is 39.6 Å². The number of rotatable bonds is 11. The van der Waals surface area contributed by atoms with Crippen LogP contribution >= 0.6 is 9.24 Å². The third kappa shape index (κ3) is 6.06. The Balaban J connectivity index is 1.82. The number of halogens is 1. The average Bonchev–Trinajstić information content (AvgIpc) is 3.11. The molecular weight excluding hydrogens is 424 g/mol. The molecule has 0 radical (unpaired) electrons. The van der Waals surface area contributed by atoms with Crippen LogP contribution in [0.1, 0.15) is 21.6 Å². The van der Waals surface area contributed by atoms with Crippen molar-refractivity contribution in [1.29, 1.82) is 0 Å². The number of carbonyl (C=O) groups is 1. The van der Waals surface area contributed by atoms with Gasteiger partial charge in [-0.15, -0.1) is 9.24 Å². The summed E-state index contributed by atoms with van der Waals surface area (Å²) in [5, 5.41) is 10.5. The fourth-order valence-corrected chi connectivity index (χ4v) is 3.47. The minimum Gasteiger partial charge on any atom is -0.382 e. The molecule has 0 aliphatic carbocycles. The van der Waals surface area contributed by atoms with Gasteiger partial charge in [0.25, 0.3) is 5.91 Å².